The van der Waals surface area contributed by atoms with E-state index < -0.39 is 0 Å². The second kappa shape index (κ2) is 9.19. The molecule has 0 amide bonds. The lowest BCUT2D eigenvalue weighted by molar-refractivity contribution is 0.159. The van der Waals surface area contributed by atoms with Gasteiger partial charge in [-0.1, -0.05) is 19.4 Å². The standard InChI is InChI=1S/C11H23NO2/c1-3-5-7-10(6-4-2)12-11(8-13)9-14/h3,10-14H,1,4-9H2,2H3. The van der Waals surface area contributed by atoms with E-state index in [0.717, 1.165) is 25.7 Å². The molecule has 0 fully saturated rings. The van der Waals surface area contributed by atoms with Crippen LogP contribution in [-0.4, -0.2) is 35.5 Å². The number of aliphatic hydroxyl groups excluding tert-OH is 2. The quantitative estimate of drug-likeness (QED) is 0.489. The molecule has 1 unspecified atom stereocenters. The van der Waals surface area contributed by atoms with E-state index in [2.05, 4.69) is 18.8 Å². The van der Waals surface area contributed by atoms with Gasteiger partial charge in [0.1, 0.15) is 0 Å². The smallest absolute Gasteiger partial charge is 0.0607 e. The molecule has 84 valence electrons. The SMILES string of the molecule is C=CCCC(CCC)NC(CO)CO. The highest BCUT2D eigenvalue weighted by molar-refractivity contribution is 4.77. The zero-order valence-corrected chi connectivity index (χ0v) is 9.08. The van der Waals surface area contributed by atoms with Gasteiger partial charge in [0.25, 0.3) is 0 Å². The van der Waals surface area contributed by atoms with Crippen molar-refractivity contribution in [3.63, 3.8) is 0 Å². The zero-order valence-electron chi connectivity index (χ0n) is 9.08. The Kier molecular flexibility index (Phi) is 8.94. The molecule has 1 atom stereocenters. The van der Waals surface area contributed by atoms with Gasteiger partial charge in [0.05, 0.1) is 19.3 Å². The summed E-state index contributed by atoms with van der Waals surface area (Å²) in [6.45, 7) is 5.80. The first-order valence-corrected chi connectivity index (χ1v) is 5.37. The van der Waals surface area contributed by atoms with E-state index in [1.807, 2.05) is 6.08 Å². The van der Waals surface area contributed by atoms with Gasteiger partial charge in [-0.15, -0.1) is 6.58 Å². The third-order valence-corrected chi connectivity index (χ3v) is 2.27. The van der Waals surface area contributed by atoms with E-state index in [4.69, 9.17) is 10.2 Å². The van der Waals surface area contributed by atoms with Crippen LogP contribution >= 0.6 is 0 Å². The molecule has 0 spiro atoms. The average Bonchev–Trinajstić information content (AvgIpc) is 2.22. The van der Waals surface area contributed by atoms with Crippen molar-refractivity contribution in [2.24, 2.45) is 0 Å². The molecule has 0 aliphatic rings. The average molecular weight is 201 g/mol. The van der Waals surface area contributed by atoms with Crippen LogP contribution in [0.5, 0.6) is 0 Å². The first-order valence-electron chi connectivity index (χ1n) is 5.37. The van der Waals surface area contributed by atoms with Crippen LogP contribution in [0.4, 0.5) is 0 Å². The van der Waals surface area contributed by atoms with Gasteiger partial charge >= 0.3 is 0 Å². The predicted molar refractivity (Wildman–Crippen MR) is 59.2 cm³/mol. The van der Waals surface area contributed by atoms with Crippen molar-refractivity contribution >= 4 is 0 Å². The fourth-order valence-corrected chi connectivity index (χ4v) is 1.47. The van der Waals surface area contributed by atoms with E-state index in [9.17, 15) is 0 Å². The summed E-state index contributed by atoms with van der Waals surface area (Å²) in [5.41, 5.74) is 0. The van der Waals surface area contributed by atoms with Crippen LogP contribution in [0.1, 0.15) is 32.6 Å². The molecule has 0 aliphatic carbocycles. The monoisotopic (exact) mass is 201 g/mol. The molecule has 0 heterocycles. The summed E-state index contributed by atoms with van der Waals surface area (Å²) in [5, 5.41) is 21.1. The Morgan fingerprint density at radius 2 is 1.86 bits per heavy atom. The number of hydrogen-bond acceptors (Lipinski definition) is 3. The summed E-state index contributed by atoms with van der Waals surface area (Å²) < 4.78 is 0. The molecular weight excluding hydrogens is 178 g/mol. The highest BCUT2D eigenvalue weighted by Crippen LogP contribution is 2.06. The normalized spacial score (nSPS) is 13.1. The van der Waals surface area contributed by atoms with Gasteiger partial charge in [-0.3, -0.25) is 0 Å². The van der Waals surface area contributed by atoms with Gasteiger partial charge in [-0.05, 0) is 19.3 Å². The first-order chi connectivity index (χ1) is 6.78. The van der Waals surface area contributed by atoms with Gasteiger partial charge in [-0.25, -0.2) is 0 Å². The van der Waals surface area contributed by atoms with Gasteiger partial charge < -0.3 is 15.5 Å². The molecule has 0 rings (SSSR count). The fourth-order valence-electron chi connectivity index (χ4n) is 1.47. The molecule has 3 N–H and O–H groups in total. The minimum atomic E-state index is -0.184. The van der Waals surface area contributed by atoms with Crippen LogP contribution in [0.15, 0.2) is 12.7 Å². The highest BCUT2D eigenvalue weighted by atomic mass is 16.3. The van der Waals surface area contributed by atoms with Crippen LogP contribution in [0.2, 0.25) is 0 Å². The van der Waals surface area contributed by atoms with Gasteiger partial charge in [0.15, 0.2) is 0 Å². The summed E-state index contributed by atoms with van der Waals surface area (Å²) >= 11 is 0. The van der Waals surface area contributed by atoms with Gasteiger partial charge in [-0.2, -0.15) is 0 Å². The Bertz CT molecular complexity index is 135. The van der Waals surface area contributed by atoms with Crippen LogP contribution in [0, 0.1) is 0 Å². The molecule has 0 saturated heterocycles. The summed E-state index contributed by atoms with van der Waals surface area (Å²) in [5.74, 6) is 0. The van der Waals surface area contributed by atoms with Crippen LogP contribution in [-0.2, 0) is 0 Å². The van der Waals surface area contributed by atoms with Crippen LogP contribution in [0.3, 0.4) is 0 Å². The van der Waals surface area contributed by atoms with E-state index in [0.29, 0.717) is 6.04 Å². The Morgan fingerprint density at radius 1 is 1.21 bits per heavy atom. The van der Waals surface area contributed by atoms with E-state index in [-0.39, 0.29) is 19.3 Å². The summed E-state index contributed by atoms with van der Waals surface area (Å²) in [6.07, 6.45) is 6.08. The number of hydrogen-bond donors (Lipinski definition) is 3. The predicted octanol–water partition coefficient (Wildman–Crippen LogP) is 1.06. The molecule has 3 heteroatoms. The molecule has 0 bridgehead atoms. The molecule has 0 radical (unpaired) electrons. The van der Waals surface area contributed by atoms with Crippen LogP contribution in [0.25, 0.3) is 0 Å². The second-order valence-electron chi connectivity index (χ2n) is 3.58. The Labute approximate surface area is 86.8 Å². The minimum absolute atomic E-state index is 0.00912. The minimum Gasteiger partial charge on any atom is -0.395 e. The van der Waals surface area contributed by atoms with Crippen LogP contribution < -0.4 is 5.32 Å². The molecule has 0 aromatic carbocycles. The highest BCUT2D eigenvalue weighted by Gasteiger charge is 2.12. The lowest BCUT2D eigenvalue weighted by Gasteiger charge is -2.22. The van der Waals surface area contributed by atoms with E-state index in [1.165, 1.54) is 0 Å². The second-order valence-corrected chi connectivity index (χ2v) is 3.58. The van der Waals surface area contributed by atoms with Crippen molar-refractivity contribution in [1.82, 2.24) is 5.32 Å². The lowest BCUT2D eigenvalue weighted by Crippen LogP contribution is -2.42. The molecule has 0 saturated carbocycles. The largest absolute Gasteiger partial charge is 0.395 e. The number of allylic oxidation sites excluding steroid dienone is 1. The first kappa shape index (κ1) is 13.6. The fraction of sp³-hybridized carbons (Fsp3) is 0.818. The van der Waals surface area contributed by atoms with Gasteiger partial charge in [0, 0.05) is 6.04 Å². The molecule has 0 aliphatic heterocycles. The van der Waals surface area contributed by atoms with Crippen molar-refractivity contribution in [2.45, 2.75) is 44.7 Å². The van der Waals surface area contributed by atoms with Crippen molar-refractivity contribution in [3.8, 4) is 0 Å². The maximum Gasteiger partial charge on any atom is 0.0607 e. The van der Waals surface area contributed by atoms with Crippen molar-refractivity contribution in [2.75, 3.05) is 13.2 Å². The van der Waals surface area contributed by atoms with Crippen molar-refractivity contribution < 1.29 is 10.2 Å². The van der Waals surface area contributed by atoms with Crippen molar-refractivity contribution in [3.05, 3.63) is 12.7 Å². The number of aliphatic hydroxyl groups is 2. The third kappa shape index (κ3) is 6.13. The third-order valence-electron chi connectivity index (χ3n) is 2.27. The number of nitrogens with one attached hydrogen (secondary N) is 1. The molecule has 0 aromatic heterocycles. The van der Waals surface area contributed by atoms with Gasteiger partial charge in [0.2, 0.25) is 0 Å². The number of rotatable bonds is 9. The van der Waals surface area contributed by atoms with E-state index >= 15 is 0 Å². The molecule has 0 aromatic rings. The Hall–Kier alpha value is -0.380. The Balaban J connectivity index is 3.85. The topological polar surface area (TPSA) is 52.5 Å². The molecule has 14 heavy (non-hydrogen) atoms. The van der Waals surface area contributed by atoms with E-state index in [1.54, 1.807) is 0 Å². The summed E-state index contributed by atoms with van der Waals surface area (Å²) in [4.78, 5) is 0. The summed E-state index contributed by atoms with van der Waals surface area (Å²) in [7, 11) is 0. The van der Waals surface area contributed by atoms with Crippen molar-refractivity contribution in [1.29, 1.82) is 0 Å². The molecule has 3 nitrogen and oxygen atoms in total. The summed E-state index contributed by atoms with van der Waals surface area (Å²) in [6, 6.07) is 0.193. The molecular formula is C11H23NO2. The lowest BCUT2D eigenvalue weighted by atomic mass is 10.1. The maximum atomic E-state index is 8.93. The zero-order chi connectivity index (χ0) is 10.8. The maximum absolute atomic E-state index is 8.93. The Morgan fingerprint density at radius 3 is 2.29 bits per heavy atom.